The van der Waals surface area contributed by atoms with Gasteiger partial charge in [-0.2, -0.15) is 0 Å². The molecular weight excluding hydrogens is 550 g/mol. The third-order valence-electron chi connectivity index (χ3n) is 9.35. The van der Waals surface area contributed by atoms with Gasteiger partial charge in [0.05, 0.1) is 33.0 Å². The van der Waals surface area contributed by atoms with Crippen LogP contribution in [0.3, 0.4) is 0 Å². The van der Waals surface area contributed by atoms with Crippen LogP contribution in [0.5, 0.6) is 17.2 Å². The molecule has 1 saturated heterocycles. The molecule has 2 aliphatic rings. The fourth-order valence-electron chi connectivity index (χ4n) is 8.28. The zero-order chi connectivity index (χ0) is 31.3. The highest BCUT2D eigenvalue weighted by molar-refractivity contribution is 6.07. The number of morpholine rings is 1. The summed E-state index contributed by atoms with van der Waals surface area (Å²) in [7, 11) is 3.31. The molecule has 4 aromatic carbocycles. The average molecular weight is 596 g/mol. The van der Waals surface area contributed by atoms with Crippen LogP contribution in [0.2, 0.25) is 0 Å². The Morgan fingerprint density at radius 1 is 0.750 bits per heavy atom. The van der Waals surface area contributed by atoms with Crippen LogP contribution in [-0.4, -0.2) is 50.7 Å². The minimum atomic E-state index is -1.11. The molecule has 1 aliphatic carbocycles. The molecule has 44 heavy (non-hydrogen) atoms. The van der Waals surface area contributed by atoms with Gasteiger partial charge >= 0.3 is 0 Å². The minimum absolute atomic E-state index is 0.0667. The van der Waals surface area contributed by atoms with Gasteiger partial charge in [0, 0.05) is 41.4 Å². The number of fused-ring (bicyclic) bond motifs is 1. The first-order chi connectivity index (χ1) is 20.9. The van der Waals surface area contributed by atoms with Crippen molar-refractivity contribution in [2.75, 3.05) is 45.4 Å². The van der Waals surface area contributed by atoms with Crippen molar-refractivity contribution in [1.29, 1.82) is 0 Å². The summed E-state index contributed by atoms with van der Waals surface area (Å²) in [6, 6.07) is 22.2. The summed E-state index contributed by atoms with van der Waals surface area (Å²) in [6.07, 6.45) is 2.26. The predicted molar refractivity (Wildman–Crippen MR) is 178 cm³/mol. The fraction of sp³-hybridized carbons (Fsp3) is 0.421. The van der Waals surface area contributed by atoms with E-state index in [1.165, 1.54) is 0 Å². The lowest BCUT2D eigenvalue weighted by Gasteiger charge is -2.50. The maximum absolute atomic E-state index is 12.6. The van der Waals surface area contributed by atoms with Gasteiger partial charge in [-0.05, 0) is 82.5 Å². The normalized spacial score (nSPS) is 19.1. The standard InChI is InChI=1S/C38H45NO5/c1-36(2)22-37(3,4)24-38(41,23-36)31-21-33(40)29-19-28(27-13-12-26(42-5)18-34(27)43-6)32(39-14-16-44-17-15-39)20-30(29)35(31)25-10-8-7-9-11-25/h7-13,18-21,40-41H,14-17,22-24H2,1-6H3. The van der Waals surface area contributed by atoms with Crippen molar-refractivity contribution in [3.05, 3.63) is 72.3 Å². The Morgan fingerprint density at radius 2 is 1.43 bits per heavy atom. The Hall–Kier alpha value is -3.74. The number of hydrogen-bond acceptors (Lipinski definition) is 6. The second-order valence-corrected chi connectivity index (χ2v) is 14.2. The van der Waals surface area contributed by atoms with Gasteiger partial charge in [-0.15, -0.1) is 0 Å². The second kappa shape index (κ2) is 11.3. The third-order valence-corrected chi connectivity index (χ3v) is 9.35. The van der Waals surface area contributed by atoms with Gasteiger partial charge in [0.1, 0.15) is 17.2 Å². The number of benzene rings is 4. The molecule has 1 saturated carbocycles. The summed E-state index contributed by atoms with van der Waals surface area (Å²) in [5, 5.41) is 26.1. The van der Waals surface area contributed by atoms with Crippen LogP contribution in [0.1, 0.15) is 52.5 Å². The lowest BCUT2D eigenvalue weighted by molar-refractivity contribution is -0.0909. The summed E-state index contributed by atoms with van der Waals surface area (Å²) in [4.78, 5) is 2.35. The van der Waals surface area contributed by atoms with Crippen LogP contribution in [0, 0.1) is 10.8 Å². The molecule has 6 nitrogen and oxygen atoms in total. The first-order valence-corrected chi connectivity index (χ1v) is 15.6. The number of ether oxygens (including phenoxy) is 3. The Labute approximate surface area is 261 Å². The largest absolute Gasteiger partial charge is 0.507 e. The molecule has 2 N–H and O–H groups in total. The Morgan fingerprint density at radius 3 is 2.07 bits per heavy atom. The van der Waals surface area contributed by atoms with Gasteiger partial charge < -0.3 is 29.3 Å². The fourth-order valence-corrected chi connectivity index (χ4v) is 8.28. The highest BCUT2D eigenvalue weighted by Crippen LogP contribution is 2.57. The van der Waals surface area contributed by atoms with Crippen LogP contribution >= 0.6 is 0 Å². The zero-order valence-corrected chi connectivity index (χ0v) is 26.9. The molecule has 0 amide bonds. The molecule has 0 radical (unpaired) electrons. The van der Waals surface area contributed by atoms with Crippen molar-refractivity contribution >= 4 is 16.5 Å². The molecule has 0 bridgehead atoms. The summed E-state index contributed by atoms with van der Waals surface area (Å²) in [5.41, 5.74) is 4.44. The Balaban J connectivity index is 1.68. The zero-order valence-electron chi connectivity index (χ0n) is 26.9. The SMILES string of the molecule is COc1ccc(-c2cc3c(O)cc(C4(O)CC(C)(C)CC(C)(C)C4)c(-c4ccccc4)c3cc2N2CCOCC2)c(OC)c1. The van der Waals surface area contributed by atoms with Crippen LogP contribution in [0.25, 0.3) is 33.0 Å². The van der Waals surface area contributed by atoms with Gasteiger partial charge in [0.15, 0.2) is 0 Å². The summed E-state index contributed by atoms with van der Waals surface area (Å²) < 4.78 is 17.1. The van der Waals surface area contributed by atoms with Gasteiger partial charge in [-0.25, -0.2) is 0 Å². The quantitative estimate of drug-likeness (QED) is 0.234. The number of methoxy groups -OCH3 is 2. The molecule has 0 atom stereocenters. The van der Waals surface area contributed by atoms with Gasteiger partial charge in [0.2, 0.25) is 0 Å². The number of nitrogens with zero attached hydrogens (tertiary/aromatic N) is 1. The van der Waals surface area contributed by atoms with E-state index in [0.717, 1.165) is 63.8 Å². The highest BCUT2D eigenvalue weighted by Gasteiger charge is 2.48. The number of phenolic OH excluding ortho intramolecular Hbond substituents is 1. The van der Waals surface area contributed by atoms with E-state index >= 15 is 0 Å². The highest BCUT2D eigenvalue weighted by atomic mass is 16.5. The smallest absolute Gasteiger partial charge is 0.130 e. The molecule has 0 aromatic heterocycles. The number of aromatic hydroxyl groups is 1. The van der Waals surface area contributed by atoms with Gasteiger partial charge in [-0.3, -0.25) is 0 Å². The summed E-state index contributed by atoms with van der Waals surface area (Å²) in [6.45, 7) is 11.7. The first-order valence-electron chi connectivity index (χ1n) is 15.6. The van der Waals surface area contributed by atoms with E-state index in [1.54, 1.807) is 14.2 Å². The molecule has 1 heterocycles. The maximum Gasteiger partial charge on any atom is 0.130 e. The molecule has 2 fully saturated rings. The van der Waals surface area contributed by atoms with Crippen LogP contribution in [0.4, 0.5) is 5.69 Å². The van der Waals surface area contributed by atoms with Crippen LogP contribution in [-0.2, 0) is 10.3 Å². The van der Waals surface area contributed by atoms with Crippen molar-refractivity contribution in [3.63, 3.8) is 0 Å². The van der Waals surface area contributed by atoms with E-state index in [9.17, 15) is 10.2 Å². The van der Waals surface area contributed by atoms with Crippen molar-refractivity contribution in [1.82, 2.24) is 0 Å². The van der Waals surface area contributed by atoms with Crippen molar-refractivity contribution < 1.29 is 24.4 Å². The lowest BCUT2D eigenvalue weighted by atomic mass is 9.57. The first kappa shape index (κ1) is 30.3. The summed E-state index contributed by atoms with van der Waals surface area (Å²) >= 11 is 0. The minimum Gasteiger partial charge on any atom is -0.507 e. The predicted octanol–water partition coefficient (Wildman–Crippen LogP) is 8.16. The topological polar surface area (TPSA) is 71.4 Å². The molecule has 6 rings (SSSR count). The van der Waals surface area contributed by atoms with Crippen molar-refractivity contribution in [3.8, 4) is 39.5 Å². The molecule has 6 heteroatoms. The van der Waals surface area contributed by atoms with Gasteiger partial charge in [-0.1, -0.05) is 58.0 Å². The Bertz CT molecular complexity index is 1650. The molecule has 4 aromatic rings. The average Bonchev–Trinajstić information content (AvgIpc) is 2.99. The lowest BCUT2D eigenvalue weighted by Crippen LogP contribution is -2.44. The van der Waals surface area contributed by atoms with E-state index in [4.69, 9.17) is 14.2 Å². The Kier molecular flexibility index (Phi) is 7.79. The second-order valence-electron chi connectivity index (χ2n) is 14.2. The van der Waals surface area contributed by atoms with Crippen molar-refractivity contribution in [2.45, 2.75) is 52.6 Å². The number of aliphatic hydroxyl groups is 1. The van der Waals surface area contributed by atoms with Crippen LogP contribution < -0.4 is 14.4 Å². The molecular formula is C38H45NO5. The van der Waals surface area contributed by atoms with Crippen molar-refractivity contribution in [2.24, 2.45) is 10.8 Å². The molecule has 232 valence electrons. The van der Waals surface area contributed by atoms with Gasteiger partial charge in [0.25, 0.3) is 0 Å². The molecule has 0 unspecified atom stereocenters. The number of hydrogen-bond donors (Lipinski definition) is 2. The third kappa shape index (κ3) is 5.62. The van der Waals surface area contributed by atoms with E-state index < -0.39 is 5.60 Å². The van der Waals surface area contributed by atoms with E-state index in [2.05, 4.69) is 56.9 Å². The van der Waals surface area contributed by atoms with E-state index in [1.807, 2.05) is 42.5 Å². The summed E-state index contributed by atoms with van der Waals surface area (Å²) in [5.74, 6) is 1.56. The van der Waals surface area contributed by atoms with E-state index in [0.29, 0.717) is 37.6 Å². The number of rotatable bonds is 6. The molecule has 0 spiro atoms. The molecule has 1 aliphatic heterocycles. The van der Waals surface area contributed by atoms with Crippen LogP contribution in [0.15, 0.2) is 66.7 Å². The number of anilines is 1. The number of phenols is 1. The monoisotopic (exact) mass is 595 g/mol. The maximum atomic E-state index is 12.6. The van der Waals surface area contributed by atoms with E-state index in [-0.39, 0.29) is 16.6 Å².